The van der Waals surface area contributed by atoms with Gasteiger partial charge in [-0.1, -0.05) is 18.2 Å². The molecular formula is C26H29N5O5S2. The molecule has 2 aromatic carbocycles. The summed E-state index contributed by atoms with van der Waals surface area (Å²) in [5.74, 6) is 1.07. The molecule has 0 saturated heterocycles. The van der Waals surface area contributed by atoms with E-state index >= 15 is 0 Å². The van der Waals surface area contributed by atoms with Crippen molar-refractivity contribution in [2.45, 2.75) is 16.2 Å². The Morgan fingerprint density at radius 1 is 0.895 bits per heavy atom. The van der Waals surface area contributed by atoms with Crippen molar-refractivity contribution in [1.29, 1.82) is 0 Å². The summed E-state index contributed by atoms with van der Waals surface area (Å²) in [6.45, 7) is 1.57. The van der Waals surface area contributed by atoms with E-state index in [1.54, 1.807) is 66.9 Å². The standard InChI is InChI=1S/C26H29N5O5S2/c1-31(14-16-37(2,32)33)13-6-15-36-25-17-23-24(18-27-25)28-19-29-26(23)30-20-9-11-22(12-10-20)38(34,35)21-7-4-3-5-8-21/h3-5,7-12,17-19H,6,13-16H2,1-2H3,(H,28,29,30). The van der Waals surface area contributed by atoms with Crippen molar-refractivity contribution in [2.75, 3.05) is 44.1 Å². The van der Waals surface area contributed by atoms with E-state index in [0.717, 1.165) is 0 Å². The van der Waals surface area contributed by atoms with Crippen LogP contribution in [0.5, 0.6) is 5.88 Å². The highest BCUT2D eigenvalue weighted by Crippen LogP contribution is 2.27. The molecule has 0 aliphatic heterocycles. The van der Waals surface area contributed by atoms with E-state index in [0.29, 0.717) is 54.4 Å². The maximum atomic E-state index is 12.8. The van der Waals surface area contributed by atoms with Gasteiger partial charge in [-0.25, -0.2) is 31.8 Å². The van der Waals surface area contributed by atoms with Crippen LogP contribution < -0.4 is 10.1 Å². The van der Waals surface area contributed by atoms with Gasteiger partial charge < -0.3 is 15.0 Å². The Morgan fingerprint density at radius 3 is 2.32 bits per heavy atom. The molecular weight excluding hydrogens is 526 g/mol. The van der Waals surface area contributed by atoms with Crippen molar-refractivity contribution in [3.8, 4) is 5.88 Å². The van der Waals surface area contributed by atoms with Crippen molar-refractivity contribution in [3.63, 3.8) is 0 Å². The Bertz CT molecular complexity index is 1600. The van der Waals surface area contributed by atoms with Gasteiger partial charge in [0, 0.05) is 36.5 Å². The van der Waals surface area contributed by atoms with Crippen molar-refractivity contribution < 1.29 is 21.6 Å². The Kier molecular flexibility index (Phi) is 8.55. The Hall–Kier alpha value is -3.61. The topological polar surface area (TPSA) is 131 Å². The van der Waals surface area contributed by atoms with Gasteiger partial charge in [0.05, 0.1) is 33.9 Å². The van der Waals surface area contributed by atoms with E-state index in [1.807, 2.05) is 11.9 Å². The van der Waals surface area contributed by atoms with Crippen molar-refractivity contribution >= 4 is 42.1 Å². The molecule has 10 nitrogen and oxygen atoms in total. The summed E-state index contributed by atoms with van der Waals surface area (Å²) < 4.78 is 54.1. The third kappa shape index (κ3) is 7.24. The highest BCUT2D eigenvalue weighted by molar-refractivity contribution is 7.91. The predicted molar refractivity (Wildman–Crippen MR) is 146 cm³/mol. The first-order valence-electron chi connectivity index (χ1n) is 11.9. The van der Waals surface area contributed by atoms with Crippen molar-refractivity contribution in [2.24, 2.45) is 0 Å². The van der Waals surface area contributed by atoms with Crippen LogP contribution in [0.2, 0.25) is 0 Å². The molecule has 2 aromatic heterocycles. The third-order valence-electron chi connectivity index (χ3n) is 5.76. The lowest BCUT2D eigenvalue weighted by atomic mass is 10.2. The number of pyridine rings is 1. The Balaban J connectivity index is 1.41. The maximum Gasteiger partial charge on any atom is 0.214 e. The zero-order chi connectivity index (χ0) is 27.2. The van der Waals surface area contributed by atoms with Crippen LogP contribution in [-0.2, 0) is 19.7 Å². The van der Waals surface area contributed by atoms with Gasteiger partial charge in [0.25, 0.3) is 0 Å². The van der Waals surface area contributed by atoms with E-state index in [2.05, 4.69) is 20.3 Å². The second-order valence-electron chi connectivity index (χ2n) is 8.86. The van der Waals surface area contributed by atoms with E-state index < -0.39 is 19.7 Å². The van der Waals surface area contributed by atoms with Crippen LogP contribution in [0.1, 0.15) is 6.42 Å². The lowest BCUT2D eigenvalue weighted by molar-refractivity contribution is 0.262. The van der Waals surface area contributed by atoms with Gasteiger partial charge in [0.1, 0.15) is 22.0 Å². The molecule has 0 bridgehead atoms. The monoisotopic (exact) mass is 555 g/mol. The molecule has 4 rings (SSSR count). The van der Waals surface area contributed by atoms with Gasteiger partial charge in [-0.2, -0.15) is 0 Å². The summed E-state index contributed by atoms with van der Waals surface area (Å²) >= 11 is 0. The molecule has 0 radical (unpaired) electrons. The quantitative estimate of drug-likeness (QED) is 0.260. The fourth-order valence-electron chi connectivity index (χ4n) is 3.65. The average Bonchev–Trinajstić information content (AvgIpc) is 2.90. The molecule has 0 atom stereocenters. The Labute approximate surface area is 222 Å². The summed E-state index contributed by atoms with van der Waals surface area (Å²) in [6, 6.07) is 16.5. The molecule has 4 aromatic rings. The normalized spacial score (nSPS) is 12.1. The van der Waals surface area contributed by atoms with E-state index in [4.69, 9.17) is 4.74 Å². The minimum Gasteiger partial charge on any atom is -0.478 e. The largest absolute Gasteiger partial charge is 0.478 e. The van der Waals surface area contributed by atoms with Crippen LogP contribution in [0.4, 0.5) is 11.5 Å². The minimum absolute atomic E-state index is 0.123. The summed E-state index contributed by atoms with van der Waals surface area (Å²) in [6.07, 6.45) is 4.96. The first-order chi connectivity index (χ1) is 18.1. The minimum atomic E-state index is -3.60. The van der Waals surface area contributed by atoms with Crippen LogP contribution in [0.15, 0.2) is 83.0 Å². The zero-order valence-electron chi connectivity index (χ0n) is 21.1. The first-order valence-corrected chi connectivity index (χ1v) is 15.4. The van der Waals surface area contributed by atoms with Crippen LogP contribution in [-0.4, -0.2) is 75.4 Å². The van der Waals surface area contributed by atoms with Crippen molar-refractivity contribution in [1.82, 2.24) is 19.9 Å². The summed E-state index contributed by atoms with van der Waals surface area (Å²) in [7, 11) is -4.72. The van der Waals surface area contributed by atoms with Crippen LogP contribution >= 0.6 is 0 Å². The number of hydrogen-bond acceptors (Lipinski definition) is 10. The molecule has 12 heteroatoms. The lowest BCUT2D eigenvalue weighted by Gasteiger charge is -2.16. The van der Waals surface area contributed by atoms with E-state index in [9.17, 15) is 16.8 Å². The molecule has 0 spiro atoms. The highest BCUT2D eigenvalue weighted by Gasteiger charge is 2.17. The molecule has 200 valence electrons. The summed E-state index contributed by atoms with van der Waals surface area (Å²) in [5.41, 5.74) is 1.28. The predicted octanol–water partition coefficient (Wildman–Crippen LogP) is 3.35. The fourth-order valence-corrected chi connectivity index (χ4v) is 5.58. The molecule has 2 heterocycles. The number of nitrogens with one attached hydrogen (secondary N) is 1. The number of sulfone groups is 2. The number of anilines is 2. The molecule has 0 aliphatic rings. The fraction of sp³-hybridized carbons (Fsp3) is 0.269. The van der Waals surface area contributed by atoms with Crippen LogP contribution in [0.25, 0.3) is 10.9 Å². The van der Waals surface area contributed by atoms with Crippen molar-refractivity contribution in [3.05, 3.63) is 73.2 Å². The first kappa shape index (κ1) is 27.4. The summed E-state index contributed by atoms with van der Waals surface area (Å²) in [5, 5.41) is 3.91. The average molecular weight is 556 g/mol. The third-order valence-corrected chi connectivity index (χ3v) is 8.47. The molecule has 0 unspecified atom stereocenters. The molecule has 38 heavy (non-hydrogen) atoms. The molecule has 1 N–H and O–H groups in total. The van der Waals surface area contributed by atoms with Crippen LogP contribution in [0, 0.1) is 0 Å². The van der Waals surface area contributed by atoms with Gasteiger partial charge in [-0.3, -0.25) is 0 Å². The SMILES string of the molecule is CN(CCCOc1cc2c(Nc3ccc(S(=O)(=O)c4ccccc4)cc3)ncnc2cn1)CCS(C)(=O)=O. The smallest absolute Gasteiger partial charge is 0.214 e. The number of ether oxygens (including phenoxy) is 1. The molecule has 0 aliphatic carbocycles. The summed E-state index contributed by atoms with van der Waals surface area (Å²) in [4.78, 5) is 15.3. The number of fused-ring (bicyclic) bond motifs is 1. The van der Waals surface area contributed by atoms with E-state index in [-0.39, 0.29) is 15.5 Å². The van der Waals surface area contributed by atoms with Gasteiger partial charge in [-0.15, -0.1) is 0 Å². The number of nitrogens with zero attached hydrogens (tertiary/aromatic N) is 4. The highest BCUT2D eigenvalue weighted by atomic mass is 32.2. The number of rotatable bonds is 12. The second-order valence-corrected chi connectivity index (χ2v) is 13.1. The zero-order valence-corrected chi connectivity index (χ0v) is 22.7. The van der Waals surface area contributed by atoms with Gasteiger partial charge in [0.2, 0.25) is 15.7 Å². The molecule has 0 fully saturated rings. The number of aromatic nitrogens is 3. The van der Waals surface area contributed by atoms with E-state index in [1.165, 1.54) is 12.6 Å². The Morgan fingerprint density at radius 2 is 1.61 bits per heavy atom. The molecule has 0 saturated carbocycles. The van der Waals surface area contributed by atoms with Gasteiger partial charge >= 0.3 is 0 Å². The van der Waals surface area contributed by atoms with Gasteiger partial charge in [0.15, 0.2) is 0 Å². The maximum absolute atomic E-state index is 12.8. The number of benzene rings is 2. The second kappa shape index (κ2) is 11.8. The number of hydrogen-bond donors (Lipinski definition) is 1. The van der Waals surface area contributed by atoms with Crippen LogP contribution in [0.3, 0.4) is 0 Å². The molecule has 0 amide bonds. The lowest BCUT2D eigenvalue weighted by Crippen LogP contribution is -2.27. The van der Waals surface area contributed by atoms with Gasteiger partial charge in [-0.05, 0) is 49.9 Å².